The first-order valence-electron chi connectivity index (χ1n) is 5.92. The molecule has 0 bridgehead atoms. The standard InChI is InChI=1S/C15H26/c1-7-14(6)9-11-15(13(4)5)10-8-12(2)3/h9,15H,2,4,7-8,10-11H2,1,3,5-6H3/b14-9-/t15-/m1/s1. The van der Waals surface area contributed by atoms with E-state index in [1.807, 2.05) is 0 Å². The number of allylic oxidation sites excluding steroid dienone is 4. The van der Waals surface area contributed by atoms with Gasteiger partial charge in [-0.25, -0.2) is 0 Å². The van der Waals surface area contributed by atoms with Crippen molar-refractivity contribution in [2.45, 2.75) is 53.4 Å². The van der Waals surface area contributed by atoms with Gasteiger partial charge in [-0.1, -0.05) is 36.3 Å². The molecule has 0 aromatic carbocycles. The fourth-order valence-corrected chi connectivity index (χ4v) is 1.47. The molecular formula is C15H26. The van der Waals surface area contributed by atoms with Gasteiger partial charge in [0.25, 0.3) is 0 Å². The molecule has 0 aliphatic heterocycles. The molecule has 0 radical (unpaired) electrons. The topological polar surface area (TPSA) is 0 Å². The van der Waals surface area contributed by atoms with E-state index in [0.717, 1.165) is 19.3 Å². The number of hydrogen-bond acceptors (Lipinski definition) is 0. The first-order valence-corrected chi connectivity index (χ1v) is 5.92. The maximum absolute atomic E-state index is 4.08. The van der Waals surface area contributed by atoms with Gasteiger partial charge in [0.2, 0.25) is 0 Å². The summed E-state index contributed by atoms with van der Waals surface area (Å²) in [6.07, 6.45) is 6.97. The minimum Gasteiger partial charge on any atom is -0.100 e. The van der Waals surface area contributed by atoms with E-state index in [4.69, 9.17) is 0 Å². The summed E-state index contributed by atoms with van der Waals surface area (Å²) in [7, 11) is 0. The van der Waals surface area contributed by atoms with Gasteiger partial charge in [0.1, 0.15) is 0 Å². The lowest BCUT2D eigenvalue weighted by Crippen LogP contribution is -2.00. The molecule has 0 fully saturated rings. The van der Waals surface area contributed by atoms with Gasteiger partial charge in [-0.05, 0) is 52.4 Å². The van der Waals surface area contributed by atoms with Gasteiger partial charge in [-0.2, -0.15) is 0 Å². The molecule has 0 heteroatoms. The maximum Gasteiger partial charge on any atom is -0.0171 e. The minimum absolute atomic E-state index is 0.628. The Labute approximate surface area is 95.8 Å². The van der Waals surface area contributed by atoms with Crippen molar-refractivity contribution >= 4 is 0 Å². The van der Waals surface area contributed by atoms with Gasteiger partial charge in [0, 0.05) is 0 Å². The summed E-state index contributed by atoms with van der Waals surface area (Å²) in [5, 5.41) is 0. The largest absolute Gasteiger partial charge is 0.100 e. The molecule has 0 unspecified atom stereocenters. The van der Waals surface area contributed by atoms with E-state index in [1.165, 1.54) is 23.1 Å². The van der Waals surface area contributed by atoms with Gasteiger partial charge < -0.3 is 0 Å². The zero-order valence-corrected chi connectivity index (χ0v) is 10.9. The quantitative estimate of drug-likeness (QED) is 0.497. The van der Waals surface area contributed by atoms with Crippen LogP contribution in [0.25, 0.3) is 0 Å². The van der Waals surface area contributed by atoms with E-state index in [1.54, 1.807) is 0 Å². The zero-order valence-electron chi connectivity index (χ0n) is 10.9. The molecule has 15 heavy (non-hydrogen) atoms. The molecule has 0 N–H and O–H groups in total. The normalized spacial score (nSPS) is 13.7. The van der Waals surface area contributed by atoms with Gasteiger partial charge in [0.15, 0.2) is 0 Å². The molecule has 0 aliphatic rings. The van der Waals surface area contributed by atoms with E-state index in [-0.39, 0.29) is 0 Å². The summed E-state index contributed by atoms with van der Waals surface area (Å²) in [4.78, 5) is 0. The van der Waals surface area contributed by atoms with Crippen molar-refractivity contribution in [2.24, 2.45) is 5.92 Å². The highest BCUT2D eigenvalue weighted by molar-refractivity contribution is 5.05. The molecule has 0 aromatic heterocycles. The third kappa shape index (κ3) is 7.18. The van der Waals surface area contributed by atoms with E-state index in [0.29, 0.717) is 5.92 Å². The van der Waals surface area contributed by atoms with Crippen molar-refractivity contribution in [3.63, 3.8) is 0 Å². The van der Waals surface area contributed by atoms with Crippen LogP contribution < -0.4 is 0 Å². The molecule has 0 aromatic rings. The molecule has 0 saturated carbocycles. The second kappa shape index (κ2) is 7.50. The summed E-state index contributed by atoms with van der Waals surface area (Å²) in [5.41, 5.74) is 4.06. The van der Waals surface area contributed by atoms with Crippen LogP contribution >= 0.6 is 0 Å². The average Bonchev–Trinajstić information content (AvgIpc) is 2.16. The Balaban J connectivity index is 4.17. The fourth-order valence-electron chi connectivity index (χ4n) is 1.47. The fraction of sp³-hybridized carbons (Fsp3) is 0.600. The molecule has 86 valence electrons. The van der Waals surface area contributed by atoms with Crippen LogP contribution in [0.3, 0.4) is 0 Å². The monoisotopic (exact) mass is 206 g/mol. The number of hydrogen-bond donors (Lipinski definition) is 0. The molecular weight excluding hydrogens is 180 g/mol. The third-order valence-corrected chi connectivity index (χ3v) is 2.93. The van der Waals surface area contributed by atoms with Crippen LogP contribution in [0, 0.1) is 5.92 Å². The SMILES string of the molecule is C=C(C)CC[C@H](C/C=C(/C)CC)C(=C)C. The molecule has 1 atom stereocenters. The molecule has 0 heterocycles. The summed E-state index contributed by atoms with van der Waals surface area (Å²) < 4.78 is 0. The van der Waals surface area contributed by atoms with Crippen LogP contribution in [0.4, 0.5) is 0 Å². The van der Waals surface area contributed by atoms with E-state index in [2.05, 4.69) is 46.9 Å². The molecule has 0 nitrogen and oxygen atoms in total. The van der Waals surface area contributed by atoms with Crippen molar-refractivity contribution in [2.75, 3.05) is 0 Å². The highest BCUT2D eigenvalue weighted by Crippen LogP contribution is 2.22. The Morgan fingerprint density at radius 1 is 1.20 bits per heavy atom. The zero-order chi connectivity index (χ0) is 11.8. The van der Waals surface area contributed by atoms with Gasteiger partial charge >= 0.3 is 0 Å². The highest BCUT2D eigenvalue weighted by Gasteiger charge is 2.07. The van der Waals surface area contributed by atoms with E-state index in [9.17, 15) is 0 Å². The predicted molar refractivity (Wildman–Crippen MR) is 71.0 cm³/mol. The van der Waals surface area contributed by atoms with Crippen molar-refractivity contribution in [3.05, 3.63) is 36.0 Å². The average molecular weight is 206 g/mol. The molecule has 0 saturated heterocycles. The van der Waals surface area contributed by atoms with E-state index >= 15 is 0 Å². The lowest BCUT2D eigenvalue weighted by molar-refractivity contribution is 0.565. The second-order valence-electron chi connectivity index (χ2n) is 4.68. The smallest absolute Gasteiger partial charge is 0.0171 e. The summed E-state index contributed by atoms with van der Waals surface area (Å²) >= 11 is 0. The molecule has 0 spiro atoms. The van der Waals surface area contributed by atoms with Gasteiger partial charge in [0.05, 0.1) is 0 Å². The van der Waals surface area contributed by atoms with Crippen LogP contribution in [0.5, 0.6) is 0 Å². The van der Waals surface area contributed by atoms with E-state index < -0.39 is 0 Å². The minimum atomic E-state index is 0.628. The summed E-state index contributed by atoms with van der Waals surface area (Å²) in [6.45, 7) is 16.7. The predicted octanol–water partition coefficient (Wildman–Crippen LogP) is 5.28. The first kappa shape index (κ1) is 14.2. The maximum atomic E-state index is 4.08. The van der Waals surface area contributed by atoms with Crippen LogP contribution in [-0.4, -0.2) is 0 Å². The molecule has 0 aliphatic carbocycles. The Morgan fingerprint density at radius 2 is 1.80 bits per heavy atom. The lowest BCUT2D eigenvalue weighted by Gasteiger charge is -2.15. The Kier molecular flexibility index (Phi) is 7.11. The highest BCUT2D eigenvalue weighted by atomic mass is 14.1. The van der Waals surface area contributed by atoms with Gasteiger partial charge in [-0.15, -0.1) is 6.58 Å². The van der Waals surface area contributed by atoms with Crippen LogP contribution in [0.2, 0.25) is 0 Å². The van der Waals surface area contributed by atoms with Crippen LogP contribution in [0.1, 0.15) is 53.4 Å². The van der Waals surface area contributed by atoms with Gasteiger partial charge in [-0.3, -0.25) is 0 Å². The Bertz CT molecular complexity index is 243. The van der Waals surface area contributed by atoms with Crippen molar-refractivity contribution in [1.82, 2.24) is 0 Å². The van der Waals surface area contributed by atoms with Crippen LogP contribution in [-0.2, 0) is 0 Å². The van der Waals surface area contributed by atoms with Crippen molar-refractivity contribution in [1.29, 1.82) is 0 Å². The van der Waals surface area contributed by atoms with Crippen molar-refractivity contribution < 1.29 is 0 Å². The third-order valence-electron chi connectivity index (χ3n) is 2.93. The lowest BCUT2D eigenvalue weighted by atomic mass is 9.90. The van der Waals surface area contributed by atoms with Crippen molar-refractivity contribution in [3.8, 4) is 0 Å². The first-order chi connectivity index (χ1) is 6.97. The molecule has 0 amide bonds. The summed E-state index contributed by atoms with van der Waals surface area (Å²) in [5.74, 6) is 0.628. The number of rotatable bonds is 7. The molecule has 0 rings (SSSR count). The van der Waals surface area contributed by atoms with Crippen LogP contribution in [0.15, 0.2) is 36.0 Å². The Hall–Kier alpha value is -0.780. The Morgan fingerprint density at radius 3 is 2.20 bits per heavy atom. The summed E-state index contributed by atoms with van der Waals surface area (Å²) in [6, 6.07) is 0. The second-order valence-corrected chi connectivity index (χ2v) is 4.68.